The molecule has 2 heteroatoms. The van der Waals surface area contributed by atoms with Crippen molar-refractivity contribution in [2.75, 3.05) is 19.6 Å². The van der Waals surface area contributed by atoms with Gasteiger partial charge in [0.1, 0.15) is 0 Å². The Morgan fingerprint density at radius 3 is 2.32 bits per heavy atom. The summed E-state index contributed by atoms with van der Waals surface area (Å²) in [5.74, 6) is 1.81. The van der Waals surface area contributed by atoms with Gasteiger partial charge in [-0.05, 0) is 75.3 Å². The maximum atomic E-state index is 5.73. The third kappa shape index (κ3) is 4.19. The van der Waals surface area contributed by atoms with Crippen LogP contribution in [-0.4, -0.2) is 30.6 Å². The maximum absolute atomic E-state index is 5.73. The Labute approximate surface area is 120 Å². The number of hydrogen-bond acceptors (Lipinski definition) is 2. The summed E-state index contributed by atoms with van der Waals surface area (Å²) in [6.45, 7) is 10.8. The predicted octanol–water partition coefficient (Wildman–Crippen LogP) is 3.65. The smallest absolute Gasteiger partial charge is 0.00955 e. The van der Waals surface area contributed by atoms with Gasteiger partial charge in [0, 0.05) is 12.6 Å². The van der Waals surface area contributed by atoms with Crippen LogP contribution in [0.5, 0.6) is 0 Å². The van der Waals surface area contributed by atoms with E-state index in [0.717, 1.165) is 24.4 Å². The highest BCUT2D eigenvalue weighted by Gasteiger charge is 2.33. The molecule has 1 aliphatic heterocycles. The van der Waals surface area contributed by atoms with Crippen LogP contribution >= 0.6 is 0 Å². The van der Waals surface area contributed by atoms with Gasteiger partial charge in [-0.2, -0.15) is 0 Å². The van der Waals surface area contributed by atoms with Crippen molar-refractivity contribution in [3.05, 3.63) is 0 Å². The van der Waals surface area contributed by atoms with Gasteiger partial charge in [0.05, 0.1) is 0 Å². The zero-order valence-corrected chi connectivity index (χ0v) is 13.3. The minimum absolute atomic E-state index is 0.509. The lowest BCUT2D eigenvalue weighted by molar-refractivity contribution is 0.0636. The zero-order chi connectivity index (χ0) is 13.9. The Hall–Kier alpha value is -0.0800. The minimum Gasteiger partial charge on any atom is -0.330 e. The highest BCUT2D eigenvalue weighted by atomic mass is 15.2. The summed E-state index contributed by atoms with van der Waals surface area (Å²) < 4.78 is 0. The number of hydrogen-bond donors (Lipinski definition) is 1. The van der Waals surface area contributed by atoms with E-state index >= 15 is 0 Å². The summed E-state index contributed by atoms with van der Waals surface area (Å²) >= 11 is 0. The topological polar surface area (TPSA) is 29.3 Å². The molecule has 19 heavy (non-hydrogen) atoms. The molecule has 1 heterocycles. The molecule has 0 aromatic carbocycles. The Morgan fingerprint density at radius 2 is 1.74 bits per heavy atom. The van der Waals surface area contributed by atoms with Gasteiger partial charge < -0.3 is 10.6 Å². The van der Waals surface area contributed by atoms with Crippen LogP contribution in [0.4, 0.5) is 0 Å². The molecule has 1 unspecified atom stereocenters. The second kappa shape index (κ2) is 6.58. The normalized spacial score (nSPS) is 34.4. The van der Waals surface area contributed by atoms with E-state index in [1.54, 1.807) is 0 Å². The third-order valence-electron chi connectivity index (χ3n) is 5.56. The van der Waals surface area contributed by atoms with Crippen LogP contribution < -0.4 is 5.73 Å². The average Bonchev–Trinajstić information content (AvgIpc) is 2.39. The predicted molar refractivity (Wildman–Crippen MR) is 83.2 cm³/mol. The summed E-state index contributed by atoms with van der Waals surface area (Å²) in [6.07, 6.45) is 9.76. The molecule has 2 nitrogen and oxygen atoms in total. The summed E-state index contributed by atoms with van der Waals surface area (Å²) in [6, 6.07) is 0.874. The van der Waals surface area contributed by atoms with Crippen LogP contribution in [0.2, 0.25) is 0 Å². The van der Waals surface area contributed by atoms with Crippen LogP contribution in [0, 0.1) is 17.3 Å². The maximum Gasteiger partial charge on any atom is 0.00955 e. The molecule has 2 fully saturated rings. The van der Waals surface area contributed by atoms with Crippen molar-refractivity contribution in [1.29, 1.82) is 0 Å². The molecule has 2 N–H and O–H groups in total. The number of nitrogens with two attached hydrogens (primary N) is 1. The van der Waals surface area contributed by atoms with Gasteiger partial charge in [0.15, 0.2) is 0 Å². The standard InChI is InChI=1S/C17H34N2/c1-17(2,3)15-6-8-16(9-7-15)19-12-4-5-14(13-19)10-11-18/h14-16H,4-13,18H2,1-3H3. The second-order valence-corrected chi connectivity index (χ2v) is 7.95. The van der Waals surface area contributed by atoms with Gasteiger partial charge in [-0.15, -0.1) is 0 Å². The Balaban J connectivity index is 1.81. The third-order valence-corrected chi connectivity index (χ3v) is 5.56. The molecule has 0 aromatic heterocycles. The molecule has 0 amide bonds. The van der Waals surface area contributed by atoms with Crippen LogP contribution in [0.15, 0.2) is 0 Å². The van der Waals surface area contributed by atoms with Crippen molar-refractivity contribution in [2.24, 2.45) is 23.0 Å². The molecule has 112 valence electrons. The molecule has 1 saturated heterocycles. The first-order chi connectivity index (χ1) is 9.00. The van der Waals surface area contributed by atoms with Crippen molar-refractivity contribution in [3.63, 3.8) is 0 Å². The number of nitrogens with zero attached hydrogens (tertiary/aromatic N) is 1. The molecule has 0 radical (unpaired) electrons. The summed E-state index contributed by atoms with van der Waals surface area (Å²) in [7, 11) is 0. The van der Waals surface area contributed by atoms with Crippen molar-refractivity contribution >= 4 is 0 Å². The first-order valence-corrected chi connectivity index (χ1v) is 8.45. The molecule has 0 spiro atoms. The van der Waals surface area contributed by atoms with Crippen molar-refractivity contribution in [2.45, 2.75) is 71.8 Å². The Morgan fingerprint density at radius 1 is 1.05 bits per heavy atom. The van der Waals surface area contributed by atoms with E-state index in [4.69, 9.17) is 5.73 Å². The Bertz CT molecular complexity index is 259. The summed E-state index contributed by atoms with van der Waals surface area (Å²) in [5.41, 5.74) is 6.24. The van der Waals surface area contributed by atoms with Crippen molar-refractivity contribution < 1.29 is 0 Å². The van der Waals surface area contributed by atoms with Gasteiger partial charge in [0.25, 0.3) is 0 Å². The van der Waals surface area contributed by atoms with Crippen molar-refractivity contribution in [1.82, 2.24) is 4.90 Å². The number of rotatable bonds is 3. The SMILES string of the molecule is CC(C)(C)C1CCC(N2CCCC(CCN)C2)CC1. The van der Waals surface area contributed by atoms with Gasteiger partial charge in [-0.1, -0.05) is 20.8 Å². The molecule has 2 rings (SSSR count). The van der Waals surface area contributed by atoms with Crippen LogP contribution in [0.3, 0.4) is 0 Å². The van der Waals surface area contributed by atoms with E-state index in [0.29, 0.717) is 5.41 Å². The van der Waals surface area contributed by atoms with Crippen molar-refractivity contribution in [3.8, 4) is 0 Å². The molecule has 0 aromatic rings. The minimum atomic E-state index is 0.509. The van der Waals surface area contributed by atoms with Gasteiger partial charge in [-0.3, -0.25) is 0 Å². The first-order valence-electron chi connectivity index (χ1n) is 8.45. The Kier molecular flexibility index (Phi) is 5.30. The van der Waals surface area contributed by atoms with E-state index in [1.165, 1.54) is 58.0 Å². The van der Waals surface area contributed by atoms with Gasteiger partial charge >= 0.3 is 0 Å². The molecule has 0 bridgehead atoms. The summed E-state index contributed by atoms with van der Waals surface area (Å²) in [5, 5.41) is 0. The highest BCUT2D eigenvalue weighted by Crippen LogP contribution is 2.39. The van der Waals surface area contributed by atoms with Gasteiger partial charge in [-0.25, -0.2) is 0 Å². The molecular formula is C17H34N2. The van der Waals surface area contributed by atoms with E-state index in [2.05, 4.69) is 25.7 Å². The van der Waals surface area contributed by atoms with Crippen LogP contribution in [0.25, 0.3) is 0 Å². The highest BCUT2D eigenvalue weighted by molar-refractivity contribution is 4.86. The fourth-order valence-corrected chi connectivity index (χ4v) is 4.21. The van der Waals surface area contributed by atoms with Crippen LogP contribution in [0.1, 0.15) is 65.7 Å². The van der Waals surface area contributed by atoms with E-state index in [1.807, 2.05) is 0 Å². The van der Waals surface area contributed by atoms with Gasteiger partial charge in [0.2, 0.25) is 0 Å². The molecular weight excluding hydrogens is 232 g/mol. The zero-order valence-electron chi connectivity index (χ0n) is 13.3. The molecule has 1 saturated carbocycles. The van der Waals surface area contributed by atoms with E-state index in [9.17, 15) is 0 Å². The second-order valence-electron chi connectivity index (χ2n) is 7.95. The monoisotopic (exact) mass is 266 g/mol. The number of piperidine rings is 1. The lowest BCUT2D eigenvalue weighted by Gasteiger charge is -2.44. The summed E-state index contributed by atoms with van der Waals surface area (Å²) in [4.78, 5) is 2.79. The fraction of sp³-hybridized carbons (Fsp3) is 1.00. The largest absolute Gasteiger partial charge is 0.330 e. The first kappa shape index (κ1) is 15.3. The lowest BCUT2D eigenvalue weighted by atomic mass is 9.71. The fourth-order valence-electron chi connectivity index (χ4n) is 4.21. The van der Waals surface area contributed by atoms with E-state index < -0.39 is 0 Å². The quantitative estimate of drug-likeness (QED) is 0.845. The number of likely N-dealkylation sites (tertiary alicyclic amines) is 1. The van der Waals surface area contributed by atoms with E-state index in [-0.39, 0.29) is 0 Å². The molecule has 1 aliphatic carbocycles. The average molecular weight is 266 g/mol. The molecule has 1 atom stereocenters. The molecule has 2 aliphatic rings. The van der Waals surface area contributed by atoms with Crippen LogP contribution in [-0.2, 0) is 0 Å². The lowest BCUT2D eigenvalue weighted by Crippen LogP contribution is -2.45.